The Bertz CT molecular complexity index is 409. The Labute approximate surface area is 122 Å². The zero-order chi connectivity index (χ0) is 16.0. The predicted octanol–water partition coefficient (Wildman–Crippen LogP) is 3.74. The zero-order valence-electron chi connectivity index (χ0n) is 13.1. The summed E-state index contributed by atoms with van der Waals surface area (Å²) in [5.74, 6) is -1.61. The molecule has 4 heteroatoms. The highest BCUT2D eigenvalue weighted by Gasteiger charge is 2.11. The molecule has 0 aliphatic heterocycles. The number of nitrogens with one attached hydrogen (secondary N) is 1. The number of benzene rings is 1. The van der Waals surface area contributed by atoms with Crippen molar-refractivity contribution in [3.8, 4) is 0 Å². The third-order valence-electron chi connectivity index (χ3n) is 1.79. The van der Waals surface area contributed by atoms with Gasteiger partial charge in [0.15, 0.2) is 0 Å². The van der Waals surface area contributed by atoms with Crippen LogP contribution >= 0.6 is 0 Å². The van der Waals surface area contributed by atoms with Crippen LogP contribution in [-0.4, -0.2) is 11.7 Å². The van der Waals surface area contributed by atoms with Gasteiger partial charge in [-0.1, -0.05) is 40.2 Å². The second-order valence-electron chi connectivity index (χ2n) is 3.62. The van der Waals surface area contributed by atoms with Crippen LogP contribution in [0.1, 0.15) is 51.4 Å². The van der Waals surface area contributed by atoms with Gasteiger partial charge in [-0.05, 0) is 37.4 Å². The lowest BCUT2D eigenvalue weighted by Crippen LogP contribution is -2.22. The van der Waals surface area contributed by atoms with Gasteiger partial charge in [-0.2, -0.15) is 0 Å². The van der Waals surface area contributed by atoms with Gasteiger partial charge in [0.2, 0.25) is 5.78 Å². The van der Waals surface area contributed by atoms with Crippen LogP contribution < -0.4 is 11.1 Å². The summed E-state index contributed by atoms with van der Waals surface area (Å²) < 4.78 is 0. The number of amides is 1. The Morgan fingerprint density at radius 3 is 1.95 bits per heavy atom. The molecule has 0 spiro atoms. The van der Waals surface area contributed by atoms with Gasteiger partial charge in [-0.25, -0.2) is 0 Å². The van der Waals surface area contributed by atoms with Gasteiger partial charge < -0.3 is 11.1 Å². The molecule has 0 heterocycles. The number of nitrogens with two attached hydrogens (primary N) is 1. The largest absolute Gasteiger partial charge is 0.363 e. The first kappa shape index (κ1) is 20.2. The van der Waals surface area contributed by atoms with Gasteiger partial charge in [0.05, 0.1) is 0 Å². The average Bonchev–Trinajstić information content (AvgIpc) is 2.47. The summed E-state index contributed by atoms with van der Waals surface area (Å²) in [6.07, 6.45) is 4.87. The lowest BCUT2D eigenvalue weighted by atomic mass is 10.1. The predicted molar refractivity (Wildman–Crippen MR) is 85.7 cm³/mol. The van der Waals surface area contributed by atoms with Crippen LogP contribution in [0, 0.1) is 0 Å². The number of anilines is 1. The van der Waals surface area contributed by atoms with E-state index in [1.807, 2.05) is 26.8 Å². The van der Waals surface area contributed by atoms with E-state index in [9.17, 15) is 9.59 Å². The Balaban J connectivity index is 0. The highest BCUT2D eigenvalue weighted by atomic mass is 16.2. The minimum Gasteiger partial charge on any atom is -0.363 e. The quantitative estimate of drug-likeness (QED) is 0.651. The first-order valence-electron chi connectivity index (χ1n) is 6.88. The summed E-state index contributed by atoms with van der Waals surface area (Å²) in [5.41, 5.74) is 6.01. The van der Waals surface area contributed by atoms with Gasteiger partial charge in [-0.15, -0.1) is 0 Å². The Morgan fingerprint density at radius 2 is 1.60 bits per heavy atom. The topological polar surface area (TPSA) is 72.2 Å². The molecule has 0 unspecified atom stereocenters. The van der Waals surface area contributed by atoms with Gasteiger partial charge in [-0.3, -0.25) is 9.59 Å². The third-order valence-corrected chi connectivity index (χ3v) is 1.79. The van der Waals surface area contributed by atoms with Crippen molar-refractivity contribution in [3.05, 3.63) is 42.1 Å². The van der Waals surface area contributed by atoms with Crippen molar-refractivity contribution in [2.24, 2.45) is 5.73 Å². The first-order valence-corrected chi connectivity index (χ1v) is 6.88. The molecule has 112 valence electrons. The van der Waals surface area contributed by atoms with E-state index in [4.69, 9.17) is 5.73 Å². The summed E-state index contributed by atoms with van der Waals surface area (Å²) >= 11 is 0. The number of carbonyl (C=O) groups excluding carboxylic acids is 2. The maximum atomic E-state index is 11.2. The van der Waals surface area contributed by atoms with Crippen LogP contribution in [-0.2, 0) is 4.79 Å². The van der Waals surface area contributed by atoms with E-state index in [0.29, 0.717) is 5.56 Å². The zero-order valence-corrected chi connectivity index (χ0v) is 13.1. The molecule has 0 aliphatic rings. The molecule has 0 bridgehead atoms. The van der Waals surface area contributed by atoms with Crippen molar-refractivity contribution in [3.63, 3.8) is 0 Å². The van der Waals surface area contributed by atoms with Crippen molar-refractivity contribution in [2.45, 2.75) is 41.0 Å². The van der Waals surface area contributed by atoms with Crippen molar-refractivity contribution >= 4 is 17.4 Å². The third kappa shape index (κ3) is 8.91. The molecule has 1 rings (SSSR count). The molecule has 1 aromatic rings. The second kappa shape index (κ2) is 13.3. The molecule has 0 saturated heterocycles. The van der Waals surface area contributed by atoms with E-state index in [-0.39, 0.29) is 0 Å². The number of carbonyl (C=O) groups is 2. The number of Topliss-reactive ketones (excluding diaryl/α,β-unsaturated/α-hetero) is 1. The number of rotatable bonds is 4. The summed E-state index contributed by atoms with van der Waals surface area (Å²) in [5, 5.41) is 2.98. The minimum absolute atomic E-state index is 0.300. The van der Waals surface area contributed by atoms with Crippen LogP contribution in [0.25, 0.3) is 0 Å². The molecule has 0 radical (unpaired) electrons. The molecule has 4 nitrogen and oxygen atoms in total. The summed E-state index contributed by atoms with van der Waals surface area (Å²) in [6.45, 7) is 10.1. The fourth-order valence-electron chi connectivity index (χ4n) is 1.04. The van der Waals surface area contributed by atoms with Crippen molar-refractivity contribution in [1.82, 2.24) is 0 Å². The Morgan fingerprint density at radius 1 is 1.15 bits per heavy atom. The van der Waals surface area contributed by atoms with Gasteiger partial charge in [0.1, 0.15) is 0 Å². The van der Waals surface area contributed by atoms with E-state index < -0.39 is 11.7 Å². The summed E-state index contributed by atoms with van der Waals surface area (Å²) in [7, 11) is 0. The fraction of sp³-hybridized carbons (Fsp3) is 0.375. The number of ketones is 1. The lowest BCUT2D eigenvalue weighted by molar-refractivity contribution is -0.114. The lowest BCUT2D eigenvalue weighted by Gasteiger charge is -2.01. The van der Waals surface area contributed by atoms with Gasteiger partial charge >= 0.3 is 0 Å². The summed E-state index contributed by atoms with van der Waals surface area (Å²) in [4.78, 5) is 21.8. The number of allylic oxidation sites excluding steroid dienone is 1. The van der Waals surface area contributed by atoms with Crippen molar-refractivity contribution in [2.75, 3.05) is 5.32 Å². The number of hydrogen-bond donors (Lipinski definition) is 2. The normalized spacial score (nSPS) is 8.85. The molecule has 1 amide bonds. The average molecular weight is 278 g/mol. The smallest absolute Gasteiger partial charge is 0.289 e. The maximum Gasteiger partial charge on any atom is 0.289 e. The first-order chi connectivity index (χ1) is 9.56. The molecular formula is C16H26N2O2. The molecule has 0 aliphatic carbocycles. The number of hydrogen-bond acceptors (Lipinski definition) is 3. The molecule has 0 aromatic heterocycles. The van der Waals surface area contributed by atoms with Crippen LogP contribution in [0.4, 0.5) is 5.69 Å². The van der Waals surface area contributed by atoms with Crippen LogP contribution in [0.5, 0.6) is 0 Å². The van der Waals surface area contributed by atoms with E-state index in [1.54, 1.807) is 30.5 Å². The summed E-state index contributed by atoms with van der Waals surface area (Å²) in [6, 6.07) is 6.52. The second-order valence-corrected chi connectivity index (χ2v) is 3.62. The molecule has 1 aromatic carbocycles. The molecule has 0 saturated carbocycles. The SMILES string of the molecule is C/C=C\Nc1ccc(C(=O)C(N)=O)cc1.CC.CCC. The highest BCUT2D eigenvalue weighted by Crippen LogP contribution is 2.09. The molecule has 20 heavy (non-hydrogen) atoms. The molecule has 3 N–H and O–H groups in total. The standard InChI is InChI=1S/C11H12N2O2.C3H8.C2H6/c1-2-7-13-9-5-3-8(4-6-9)10(14)11(12)15;1-3-2;1-2/h2-7,13H,1H3,(H2,12,15);3H2,1-2H3;1-2H3/b7-2-;;. The van der Waals surface area contributed by atoms with E-state index in [2.05, 4.69) is 19.2 Å². The van der Waals surface area contributed by atoms with E-state index in [0.717, 1.165) is 5.69 Å². The molecule has 0 atom stereocenters. The van der Waals surface area contributed by atoms with Crippen molar-refractivity contribution < 1.29 is 9.59 Å². The van der Waals surface area contributed by atoms with E-state index in [1.165, 1.54) is 6.42 Å². The van der Waals surface area contributed by atoms with E-state index >= 15 is 0 Å². The van der Waals surface area contributed by atoms with Gasteiger partial charge in [0, 0.05) is 11.3 Å². The molecular weight excluding hydrogens is 252 g/mol. The molecule has 0 fully saturated rings. The minimum atomic E-state index is -0.941. The van der Waals surface area contributed by atoms with Crippen LogP contribution in [0.2, 0.25) is 0 Å². The maximum absolute atomic E-state index is 11.2. The van der Waals surface area contributed by atoms with Crippen LogP contribution in [0.3, 0.4) is 0 Å². The Hall–Kier alpha value is -2.10. The number of primary amides is 1. The van der Waals surface area contributed by atoms with Crippen molar-refractivity contribution in [1.29, 1.82) is 0 Å². The highest BCUT2D eigenvalue weighted by molar-refractivity contribution is 6.42. The monoisotopic (exact) mass is 278 g/mol. The Kier molecular flexibility index (Phi) is 13.5. The van der Waals surface area contributed by atoms with Gasteiger partial charge in [0.25, 0.3) is 5.91 Å². The fourth-order valence-corrected chi connectivity index (χ4v) is 1.04. The van der Waals surface area contributed by atoms with Crippen LogP contribution in [0.15, 0.2) is 36.5 Å².